The van der Waals surface area contributed by atoms with Crippen molar-refractivity contribution in [2.45, 2.75) is 19.9 Å². The Morgan fingerprint density at radius 1 is 1.56 bits per heavy atom. The third kappa shape index (κ3) is 1.99. The van der Waals surface area contributed by atoms with Crippen LogP contribution in [0.4, 0.5) is 0 Å². The van der Waals surface area contributed by atoms with E-state index in [1.807, 2.05) is 0 Å². The summed E-state index contributed by atoms with van der Waals surface area (Å²) in [5.41, 5.74) is 1.83. The Morgan fingerprint density at radius 2 is 2.38 bits per heavy atom. The molecule has 0 aromatic carbocycles. The van der Waals surface area contributed by atoms with Gasteiger partial charge in [-0.15, -0.1) is 0 Å². The van der Waals surface area contributed by atoms with E-state index in [1.54, 1.807) is 6.92 Å². The summed E-state index contributed by atoms with van der Waals surface area (Å²) in [6.07, 6.45) is 0.734. The molecule has 0 saturated heterocycles. The number of hydrogen-bond donors (Lipinski definition) is 2. The summed E-state index contributed by atoms with van der Waals surface area (Å²) in [6, 6.07) is 1.31. The summed E-state index contributed by atoms with van der Waals surface area (Å²) in [7, 11) is 0. The fraction of sp³-hybridized carbons (Fsp3) is 0.455. The van der Waals surface area contributed by atoms with E-state index in [4.69, 9.17) is 4.74 Å². The average Bonchev–Trinajstić information content (AvgIpc) is 2.28. The van der Waals surface area contributed by atoms with Gasteiger partial charge in [-0.3, -0.25) is 4.79 Å². The molecule has 5 heteroatoms. The van der Waals surface area contributed by atoms with Gasteiger partial charge >= 0.3 is 5.97 Å². The minimum Gasteiger partial charge on any atom is -0.462 e. The van der Waals surface area contributed by atoms with Gasteiger partial charge in [-0.1, -0.05) is 0 Å². The first kappa shape index (κ1) is 10.9. The molecule has 16 heavy (non-hydrogen) atoms. The summed E-state index contributed by atoms with van der Waals surface area (Å²) in [6.45, 7) is 3.47. The minimum absolute atomic E-state index is 0.247. The fourth-order valence-corrected chi connectivity index (χ4v) is 1.87. The van der Waals surface area contributed by atoms with Gasteiger partial charge in [-0.05, 0) is 6.92 Å². The SMILES string of the molecule is CCOC(=O)c1cc(=O)[nH]c2c1CNCC2. The van der Waals surface area contributed by atoms with Crippen molar-refractivity contribution in [2.24, 2.45) is 0 Å². The average molecular weight is 222 g/mol. The Bertz CT molecular complexity index is 465. The molecule has 5 nitrogen and oxygen atoms in total. The Kier molecular flexibility index (Phi) is 3.05. The third-order valence-electron chi connectivity index (χ3n) is 2.59. The number of carbonyl (C=O) groups is 1. The van der Waals surface area contributed by atoms with E-state index in [2.05, 4.69) is 10.3 Å². The number of esters is 1. The number of aromatic amines is 1. The first-order valence-electron chi connectivity index (χ1n) is 5.35. The van der Waals surface area contributed by atoms with Crippen molar-refractivity contribution in [1.82, 2.24) is 10.3 Å². The molecule has 2 heterocycles. The zero-order chi connectivity index (χ0) is 11.5. The molecule has 0 amide bonds. The molecule has 1 aliphatic rings. The topological polar surface area (TPSA) is 71.2 Å². The highest BCUT2D eigenvalue weighted by molar-refractivity contribution is 5.91. The van der Waals surface area contributed by atoms with Crippen LogP contribution in [-0.4, -0.2) is 24.1 Å². The molecule has 0 bridgehead atoms. The molecule has 0 saturated carbocycles. The van der Waals surface area contributed by atoms with Gasteiger partial charge in [-0.2, -0.15) is 0 Å². The first-order valence-corrected chi connectivity index (χ1v) is 5.35. The molecule has 0 atom stereocenters. The maximum atomic E-state index is 11.7. The van der Waals surface area contributed by atoms with Crippen molar-refractivity contribution in [1.29, 1.82) is 0 Å². The summed E-state index contributed by atoms with van der Waals surface area (Å²) in [4.78, 5) is 25.8. The van der Waals surface area contributed by atoms with E-state index < -0.39 is 5.97 Å². The van der Waals surface area contributed by atoms with E-state index in [0.717, 1.165) is 24.2 Å². The zero-order valence-corrected chi connectivity index (χ0v) is 9.13. The Hall–Kier alpha value is -1.62. The molecule has 0 radical (unpaired) electrons. The Morgan fingerprint density at radius 3 is 3.12 bits per heavy atom. The monoisotopic (exact) mass is 222 g/mol. The maximum Gasteiger partial charge on any atom is 0.338 e. The minimum atomic E-state index is -0.423. The van der Waals surface area contributed by atoms with Gasteiger partial charge in [0.25, 0.3) is 0 Å². The quantitative estimate of drug-likeness (QED) is 0.701. The predicted octanol–water partition coefficient (Wildman–Crippen LogP) is 0.197. The molecule has 0 spiro atoms. The lowest BCUT2D eigenvalue weighted by atomic mass is 10.0. The number of nitrogens with one attached hydrogen (secondary N) is 2. The van der Waals surface area contributed by atoms with Gasteiger partial charge in [0, 0.05) is 36.8 Å². The van der Waals surface area contributed by atoms with Gasteiger partial charge < -0.3 is 15.0 Å². The first-order chi connectivity index (χ1) is 7.72. The van der Waals surface area contributed by atoms with Crippen LogP contribution in [0.5, 0.6) is 0 Å². The molecule has 2 N–H and O–H groups in total. The van der Waals surface area contributed by atoms with Crippen molar-refractivity contribution in [3.8, 4) is 0 Å². The van der Waals surface area contributed by atoms with E-state index in [9.17, 15) is 9.59 Å². The van der Waals surface area contributed by atoms with Gasteiger partial charge in [-0.25, -0.2) is 4.79 Å². The summed E-state index contributed by atoms with van der Waals surface area (Å²) in [5, 5.41) is 3.17. The van der Waals surface area contributed by atoms with Gasteiger partial charge in [0.1, 0.15) is 0 Å². The lowest BCUT2D eigenvalue weighted by Gasteiger charge is -2.18. The van der Waals surface area contributed by atoms with Crippen LogP contribution in [0.2, 0.25) is 0 Å². The Balaban J connectivity index is 2.47. The molecule has 2 rings (SSSR count). The molecule has 0 unspecified atom stereocenters. The predicted molar refractivity (Wildman–Crippen MR) is 58.4 cm³/mol. The highest BCUT2D eigenvalue weighted by Crippen LogP contribution is 2.15. The van der Waals surface area contributed by atoms with Gasteiger partial charge in [0.05, 0.1) is 12.2 Å². The normalized spacial score (nSPS) is 14.3. The van der Waals surface area contributed by atoms with Crippen LogP contribution < -0.4 is 10.9 Å². The number of H-pyrrole nitrogens is 1. The fourth-order valence-electron chi connectivity index (χ4n) is 1.87. The summed E-state index contributed by atoms with van der Waals surface area (Å²) < 4.78 is 4.93. The van der Waals surface area contributed by atoms with Gasteiger partial charge in [0.15, 0.2) is 0 Å². The molecule has 86 valence electrons. The lowest BCUT2D eigenvalue weighted by molar-refractivity contribution is 0.0524. The summed E-state index contributed by atoms with van der Waals surface area (Å²) in [5.74, 6) is -0.423. The highest BCUT2D eigenvalue weighted by atomic mass is 16.5. The van der Waals surface area contributed by atoms with Crippen molar-refractivity contribution >= 4 is 5.97 Å². The maximum absolute atomic E-state index is 11.7. The van der Waals surface area contributed by atoms with Crippen LogP contribution in [0.1, 0.15) is 28.5 Å². The molecule has 0 aliphatic carbocycles. The van der Waals surface area contributed by atoms with E-state index in [-0.39, 0.29) is 5.56 Å². The molecular weight excluding hydrogens is 208 g/mol. The molecule has 1 aliphatic heterocycles. The van der Waals surface area contributed by atoms with Crippen molar-refractivity contribution in [3.05, 3.63) is 33.2 Å². The van der Waals surface area contributed by atoms with Crippen LogP contribution in [0, 0.1) is 0 Å². The van der Waals surface area contributed by atoms with Crippen molar-refractivity contribution in [2.75, 3.05) is 13.2 Å². The standard InChI is InChI=1S/C11H14N2O3/c1-2-16-11(15)7-5-10(14)13-9-3-4-12-6-8(7)9/h5,12H,2-4,6H2,1H3,(H,13,14). The number of fused-ring (bicyclic) bond motifs is 1. The third-order valence-corrected chi connectivity index (χ3v) is 2.59. The lowest BCUT2D eigenvalue weighted by Crippen LogP contribution is -2.30. The summed E-state index contributed by atoms with van der Waals surface area (Å²) >= 11 is 0. The molecule has 0 fully saturated rings. The van der Waals surface area contributed by atoms with Crippen LogP contribution >= 0.6 is 0 Å². The zero-order valence-electron chi connectivity index (χ0n) is 9.13. The molecule has 1 aromatic rings. The smallest absolute Gasteiger partial charge is 0.338 e. The highest BCUT2D eigenvalue weighted by Gasteiger charge is 2.19. The van der Waals surface area contributed by atoms with Crippen LogP contribution in [-0.2, 0) is 17.7 Å². The van der Waals surface area contributed by atoms with Gasteiger partial charge in [0.2, 0.25) is 5.56 Å². The number of hydrogen-bond acceptors (Lipinski definition) is 4. The number of aromatic nitrogens is 1. The largest absolute Gasteiger partial charge is 0.462 e. The molecular formula is C11H14N2O3. The number of pyridine rings is 1. The van der Waals surface area contributed by atoms with Crippen LogP contribution in [0.15, 0.2) is 10.9 Å². The van der Waals surface area contributed by atoms with Crippen molar-refractivity contribution < 1.29 is 9.53 Å². The van der Waals surface area contributed by atoms with E-state index in [0.29, 0.717) is 18.7 Å². The van der Waals surface area contributed by atoms with Crippen molar-refractivity contribution in [3.63, 3.8) is 0 Å². The second-order valence-electron chi connectivity index (χ2n) is 3.65. The molecule has 1 aromatic heterocycles. The number of ether oxygens (including phenoxy) is 1. The van der Waals surface area contributed by atoms with E-state index in [1.165, 1.54) is 6.07 Å². The second-order valence-corrected chi connectivity index (χ2v) is 3.65. The number of rotatable bonds is 2. The van der Waals surface area contributed by atoms with Crippen LogP contribution in [0.25, 0.3) is 0 Å². The Labute approximate surface area is 92.8 Å². The number of carbonyl (C=O) groups excluding carboxylic acids is 1. The van der Waals surface area contributed by atoms with E-state index >= 15 is 0 Å². The van der Waals surface area contributed by atoms with Crippen LogP contribution in [0.3, 0.4) is 0 Å². The second kappa shape index (κ2) is 4.49.